The van der Waals surface area contributed by atoms with Crippen LogP contribution < -0.4 is 18.3 Å². The molecule has 9 rings (SSSR count). The number of hydrogen-bond donors (Lipinski definition) is 0. The van der Waals surface area contributed by atoms with E-state index in [0.29, 0.717) is 0 Å². The van der Waals surface area contributed by atoms with Crippen LogP contribution in [0.3, 0.4) is 0 Å². The first-order valence-corrected chi connectivity index (χ1v) is 26.7. The maximum Gasteiger partial charge on any atom is 0.169 e. The highest BCUT2D eigenvalue weighted by Crippen LogP contribution is 2.48. The maximum atomic E-state index is 2.53. The predicted octanol–water partition coefficient (Wildman–Crippen LogP) is 14.8. The number of unbranched alkanes of at least 4 members (excludes halogenated alkanes) is 6. The van der Waals surface area contributed by atoms with Crippen LogP contribution >= 0.6 is 34.0 Å². The van der Waals surface area contributed by atoms with Crippen LogP contribution in [-0.4, -0.2) is 0 Å². The first-order chi connectivity index (χ1) is 32.7. The summed E-state index contributed by atoms with van der Waals surface area (Å²) in [4.78, 5) is 8.22. The van der Waals surface area contributed by atoms with Crippen LogP contribution in [0.5, 0.6) is 0 Å². The van der Waals surface area contributed by atoms with E-state index in [0.717, 1.165) is 12.8 Å². The van der Waals surface area contributed by atoms with Crippen molar-refractivity contribution in [3.8, 4) is 84.9 Å². The summed E-state index contributed by atoms with van der Waals surface area (Å²) in [7, 11) is 8.34. The second-order valence-electron chi connectivity index (χ2n) is 18.3. The van der Waals surface area contributed by atoms with Crippen molar-refractivity contribution < 1.29 is 18.3 Å². The number of pyridine rings is 4. The number of hydrogen-bond acceptors (Lipinski definition) is 3. The lowest BCUT2D eigenvalue weighted by Crippen LogP contribution is -2.25. The largest absolute Gasteiger partial charge is 0.208 e. The summed E-state index contributed by atoms with van der Waals surface area (Å²) in [6.07, 6.45) is 29.3. The molecule has 9 aromatic rings. The lowest BCUT2D eigenvalue weighted by Gasteiger charge is -2.11. The van der Waals surface area contributed by atoms with Gasteiger partial charge in [-0.3, -0.25) is 0 Å². The molecule has 67 heavy (non-hydrogen) atoms. The Labute approximate surface area is 410 Å². The van der Waals surface area contributed by atoms with Crippen molar-refractivity contribution in [2.75, 3.05) is 0 Å². The third kappa shape index (κ3) is 11.1. The molecule has 0 aliphatic carbocycles. The first-order valence-electron chi connectivity index (χ1n) is 24.2. The Balaban J connectivity index is 1.12. The van der Waals surface area contributed by atoms with E-state index in [1.807, 2.05) is 34.0 Å². The molecule has 0 radical (unpaired) electrons. The number of benzene rings is 2. The zero-order valence-corrected chi connectivity index (χ0v) is 42.5. The molecule has 7 aromatic heterocycles. The smallest absolute Gasteiger partial charge is 0.169 e. The van der Waals surface area contributed by atoms with Crippen LogP contribution in [0, 0.1) is 0 Å². The van der Waals surface area contributed by atoms with Crippen LogP contribution in [0.15, 0.2) is 159 Å². The third-order valence-corrected chi connectivity index (χ3v) is 16.9. The molecule has 0 saturated heterocycles. The van der Waals surface area contributed by atoms with E-state index in [2.05, 4.69) is 219 Å². The van der Waals surface area contributed by atoms with Crippen LogP contribution in [0.2, 0.25) is 0 Å². The molecule has 7 heterocycles. The first kappa shape index (κ1) is 46.3. The van der Waals surface area contributed by atoms with Crippen LogP contribution in [0.25, 0.3) is 84.9 Å². The topological polar surface area (TPSA) is 15.5 Å². The fraction of sp³-hybridized carbons (Fsp3) is 0.267. The van der Waals surface area contributed by atoms with Gasteiger partial charge in [0.15, 0.2) is 49.6 Å². The summed E-state index contributed by atoms with van der Waals surface area (Å²) in [5, 5.41) is 0. The van der Waals surface area contributed by atoms with Crippen LogP contribution in [-0.2, 0) is 41.0 Å². The SMILES string of the molecule is CCCCCCc1cc(-c2ccc(-c3cc(CCCCCC)c(-c4cc(-c5cc[n+](C)cc5)cc(-c5cc[n+](C)cc5)c4)s3)s2)sc1-c1cc(-c2cc[n+](C)cc2)cc(-c2cc[n+](C)cc2)c1. The lowest BCUT2D eigenvalue weighted by molar-refractivity contribution is -0.671. The fourth-order valence-electron chi connectivity index (χ4n) is 9.01. The quantitative estimate of drug-likeness (QED) is 0.0602. The Morgan fingerprint density at radius 1 is 0.299 bits per heavy atom. The molecule has 338 valence electrons. The summed E-state index contributed by atoms with van der Waals surface area (Å²) in [5.74, 6) is 0. The van der Waals surface area contributed by atoms with E-state index in [4.69, 9.17) is 0 Å². The molecule has 4 nitrogen and oxygen atoms in total. The minimum Gasteiger partial charge on any atom is -0.208 e. The van der Waals surface area contributed by atoms with Crippen molar-refractivity contribution in [3.63, 3.8) is 0 Å². The average molecular weight is 937 g/mol. The van der Waals surface area contributed by atoms with Crippen LogP contribution in [0.4, 0.5) is 0 Å². The zero-order chi connectivity index (χ0) is 46.3. The molecule has 0 unspecified atom stereocenters. The minimum atomic E-state index is 1.09. The van der Waals surface area contributed by atoms with Crippen molar-refractivity contribution in [2.24, 2.45) is 28.2 Å². The number of aryl methyl sites for hydroxylation is 6. The fourth-order valence-corrected chi connectivity index (χ4v) is 12.6. The Bertz CT molecular complexity index is 2730. The molecule has 2 aromatic carbocycles. The van der Waals surface area contributed by atoms with Gasteiger partial charge in [-0.1, -0.05) is 52.4 Å². The Kier molecular flexibility index (Phi) is 14.8. The van der Waals surface area contributed by atoms with E-state index in [1.165, 1.54) is 147 Å². The van der Waals surface area contributed by atoms with Gasteiger partial charge in [0.1, 0.15) is 28.2 Å². The molecule has 0 N–H and O–H groups in total. The van der Waals surface area contributed by atoms with Gasteiger partial charge in [-0.05, 0) is 153 Å². The second-order valence-corrected chi connectivity index (χ2v) is 21.5. The molecule has 0 spiro atoms. The Morgan fingerprint density at radius 2 is 0.597 bits per heavy atom. The summed E-state index contributed by atoms with van der Waals surface area (Å²) < 4.78 is 8.43. The van der Waals surface area contributed by atoms with Crippen molar-refractivity contribution in [3.05, 3.63) is 170 Å². The predicted molar refractivity (Wildman–Crippen MR) is 284 cm³/mol. The van der Waals surface area contributed by atoms with E-state index < -0.39 is 0 Å². The van der Waals surface area contributed by atoms with Gasteiger partial charge in [-0.15, -0.1) is 34.0 Å². The van der Waals surface area contributed by atoms with E-state index in [-0.39, 0.29) is 0 Å². The van der Waals surface area contributed by atoms with Gasteiger partial charge in [-0.25, -0.2) is 18.3 Å². The maximum absolute atomic E-state index is 2.53. The molecule has 7 heteroatoms. The number of nitrogens with zero attached hydrogens (tertiary/aromatic N) is 4. The summed E-state index contributed by atoms with van der Waals surface area (Å²) >= 11 is 5.90. The Hall–Kier alpha value is -5.86. The lowest BCUT2D eigenvalue weighted by atomic mass is 9.94. The van der Waals surface area contributed by atoms with Gasteiger partial charge in [0.2, 0.25) is 0 Å². The minimum absolute atomic E-state index is 1.09. The Morgan fingerprint density at radius 3 is 0.896 bits per heavy atom. The summed E-state index contributed by atoms with van der Waals surface area (Å²) in [6, 6.07) is 42.2. The van der Waals surface area contributed by atoms with Gasteiger partial charge in [0.05, 0.1) is 0 Å². The molecule has 0 bridgehead atoms. The highest BCUT2D eigenvalue weighted by molar-refractivity contribution is 7.28. The molecule has 0 aliphatic heterocycles. The number of thiophene rings is 3. The van der Waals surface area contributed by atoms with E-state index >= 15 is 0 Å². The van der Waals surface area contributed by atoms with Crippen molar-refractivity contribution >= 4 is 34.0 Å². The van der Waals surface area contributed by atoms with E-state index in [1.54, 1.807) is 0 Å². The average Bonchev–Trinajstić information content (AvgIpc) is 4.12. The van der Waals surface area contributed by atoms with Crippen molar-refractivity contribution in [1.82, 2.24) is 0 Å². The summed E-state index contributed by atoms with van der Waals surface area (Å²) in [6.45, 7) is 4.61. The number of rotatable bonds is 18. The van der Waals surface area contributed by atoms with Crippen molar-refractivity contribution in [2.45, 2.75) is 78.1 Å². The summed E-state index contributed by atoms with van der Waals surface area (Å²) in [5.41, 5.74) is 15.5. The monoisotopic (exact) mass is 936 g/mol. The van der Waals surface area contributed by atoms with Gasteiger partial charge < -0.3 is 0 Å². The number of aromatic nitrogens is 4. The molecule has 0 amide bonds. The molecular formula is C60H64N4S3+4. The van der Waals surface area contributed by atoms with Gasteiger partial charge >= 0.3 is 0 Å². The highest BCUT2D eigenvalue weighted by Gasteiger charge is 2.20. The van der Waals surface area contributed by atoms with Gasteiger partial charge in [0, 0.05) is 77.8 Å². The standard InChI is InChI=1S/C60H64N4S3/c1-7-9-11-13-15-47-41-57(66-59(47)53-37-49(43-19-27-61(3)28-20-43)35-50(38-53)44-21-29-62(4)30-22-44)55-17-18-56(65-55)58-42-48(16-14-12-10-8-2)60(67-58)54-39-51(45-23-31-63(5)32-24-45)36-52(40-54)46-25-33-64(6)34-26-46/h17-42H,7-16H2,1-6H3/q+4. The normalized spacial score (nSPS) is 11.4. The molecule has 0 saturated carbocycles. The molecule has 0 fully saturated rings. The zero-order valence-electron chi connectivity index (χ0n) is 40.1. The highest BCUT2D eigenvalue weighted by atomic mass is 32.1. The molecular weight excluding hydrogens is 873 g/mol. The van der Waals surface area contributed by atoms with Crippen LogP contribution in [0.1, 0.15) is 76.3 Å². The van der Waals surface area contributed by atoms with Gasteiger partial charge in [0.25, 0.3) is 0 Å². The third-order valence-electron chi connectivity index (χ3n) is 12.9. The molecule has 0 atom stereocenters. The second kappa shape index (κ2) is 21.4. The molecule has 0 aliphatic rings. The van der Waals surface area contributed by atoms with Crippen molar-refractivity contribution in [1.29, 1.82) is 0 Å². The van der Waals surface area contributed by atoms with Gasteiger partial charge in [-0.2, -0.15) is 0 Å². The van der Waals surface area contributed by atoms with E-state index in [9.17, 15) is 0 Å².